The van der Waals surface area contributed by atoms with E-state index in [0.717, 1.165) is 30.8 Å². The fourth-order valence-electron chi connectivity index (χ4n) is 5.85. The van der Waals surface area contributed by atoms with E-state index < -0.39 is 0 Å². The van der Waals surface area contributed by atoms with Gasteiger partial charge in [-0.15, -0.1) is 0 Å². The lowest BCUT2D eigenvalue weighted by Gasteiger charge is -2.60. The Hall–Kier alpha value is -0.570. The Balaban J connectivity index is 1.64. The number of nitrogens with one attached hydrogen (secondary N) is 1. The first-order valence-electron chi connectivity index (χ1n) is 8.16. The average Bonchev–Trinajstić information content (AvgIpc) is 2.50. The molecule has 1 N–H and O–H groups in total. The van der Waals surface area contributed by atoms with Crippen LogP contribution in [0.25, 0.3) is 0 Å². The third-order valence-electron chi connectivity index (χ3n) is 6.14. The van der Waals surface area contributed by atoms with E-state index in [2.05, 4.69) is 17.1 Å². The zero-order valence-corrected chi connectivity index (χ0v) is 12.0. The molecule has 1 aliphatic heterocycles. The summed E-state index contributed by atoms with van der Waals surface area (Å²) in [6, 6.07) is 0. The fraction of sp³-hybridized carbons (Fsp3) is 0.938. The molecule has 4 saturated carbocycles. The molecule has 106 valence electrons. The van der Waals surface area contributed by atoms with Crippen LogP contribution in [0.4, 0.5) is 0 Å². The van der Waals surface area contributed by atoms with E-state index in [1.54, 1.807) is 0 Å². The Kier molecular flexibility index (Phi) is 2.70. The minimum atomic E-state index is 0.256. The summed E-state index contributed by atoms with van der Waals surface area (Å²) in [7, 11) is 0. The summed E-state index contributed by atoms with van der Waals surface area (Å²) >= 11 is 0. The molecule has 0 spiro atoms. The molecular formula is C16H26N2O. The maximum Gasteiger partial charge on any atom is 0.236 e. The van der Waals surface area contributed by atoms with Crippen molar-refractivity contribution >= 4 is 5.91 Å². The molecule has 1 heterocycles. The van der Waals surface area contributed by atoms with Crippen LogP contribution < -0.4 is 5.32 Å². The first kappa shape index (κ1) is 12.2. The number of rotatable bonds is 1. The molecule has 4 bridgehead atoms. The highest BCUT2D eigenvalue weighted by molar-refractivity contribution is 5.79. The molecular weight excluding hydrogens is 236 g/mol. The summed E-state index contributed by atoms with van der Waals surface area (Å²) in [5.74, 6) is 3.73. The van der Waals surface area contributed by atoms with E-state index >= 15 is 0 Å². The highest BCUT2D eigenvalue weighted by Gasteiger charge is 2.54. The van der Waals surface area contributed by atoms with Gasteiger partial charge < -0.3 is 10.2 Å². The quantitative estimate of drug-likeness (QED) is 0.784. The lowest BCUT2D eigenvalue weighted by molar-refractivity contribution is -0.149. The molecule has 19 heavy (non-hydrogen) atoms. The summed E-state index contributed by atoms with van der Waals surface area (Å²) in [4.78, 5) is 14.9. The van der Waals surface area contributed by atoms with Crippen molar-refractivity contribution in [2.45, 2.75) is 51.0 Å². The molecule has 4 aliphatic carbocycles. The second-order valence-electron chi connectivity index (χ2n) is 7.88. The van der Waals surface area contributed by atoms with Gasteiger partial charge in [0.05, 0.1) is 6.54 Å². The van der Waals surface area contributed by atoms with Gasteiger partial charge >= 0.3 is 0 Å². The van der Waals surface area contributed by atoms with Crippen LogP contribution in [0.15, 0.2) is 0 Å². The summed E-state index contributed by atoms with van der Waals surface area (Å²) in [6.45, 7) is 4.82. The third kappa shape index (κ3) is 1.93. The van der Waals surface area contributed by atoms with Crippen LogP contribution in [-0.4, -0.2) is 36.0 Å². The Morgan fingerprint density at radius 1 is 1.11 bits per heavy atom. The van der Waals surface area contributed by atoms with Crippen LogP contribution in [0.5, 0.6) is 0 Å². The number of hydrogen-bond acceptors (Lipinski definition) is 2. The highest BCUT2D eigenvalue weighted by Crippen LogP contribution is 2.57. The topological polar surface area (TPSA) is 32.3 Å². The van der Waals surface area contributed by atoms with E-state index in [9.17, 15) is 4.79 Å². The van der Waals surface area contributed by atoms with Gasteiger partial charge in [0.1, 0.15) is 0 Å². The second kappa shape index (κ2) is 4.21. The molecule has 1 atom stereocenters. The van der Waals surface area contributed by atoms with Crippen molar-refractivity contribution in [2.24, 2.45) is 23.7 Å². The first-order chi connectivity index (χ1) is 9.14. The molecule has 0 aromatic heterocycles. The van der Waals surface area contributed by atoms with Crippen LogP contribution >= 0.6 is 0 Å². The van der Waals surface area contributed by atoms with Crippen LogP contribution in [0, 0.1) is 23.7 Å². The Morgan fingerprint density at radius 3 is 2.26 bits per heavy atom. The van der Waals surface area contributed by atoms with E-state index in [1.807, 2.05) is 0 Å². The number of carbonyl (C=O) groups is 1. The van der Waals surface area contributed by atoms with Crippen LogP contribution in [0.1, 0.15) is 45.4 Å². The molecule has 0 aromatic rings. The van der Waals surface area contributed by atoms with Gasteiger partial charge in [-0.2, -0.15) is 0 Å². The lowest BCUT2D eigenvalue weighted by Crippen LogP contribution is -2.62. The third-order valence-corrected chi connectivity index (χ3v) is 6.14. The van der Waals surface area contributed by atoms with Crippen molar-refractivity contribution < 1.29 is 4.79 Å². The summed E-state index contributed by atoms with van der Waals surface area (Å²) < 4.78 is 0. The predicted octanol–water partition coefficient (Wildman–Crippen LogP) is 2.02. The summed E-state index contributed by atoms with van der Waals surface area (Å²) in [5.41, 5.74) is 0.256. The van der Waals surface area contributed by atoms with E-state index in [0.29, 0.717) is 18.4 Å². The van der Waals surface area contributed by atoms with E-state index in [4.69, 9.17) is 0 Å². The molecule has 1 amide bonds. The van der Waals surface area contributed by atoms with Gasteiger partial charge in [0.25, 0.3) is 0 Å². The van der Waals surface area contributed by atoms with Gasteiger partial charge in [-0.1, -0.05) is 6.92 Å². The monoisotopic (exact) mass is 262 g/mol. The average molecular weight is 262 g/mol. The number of amides is 1. The summed E-state index contributed by atoms with van der Waals surface area (Å²) in [6.07, 6.45) is 8.27. The molecule has 5 rings (SSSR count). The maximum absolute atomic E-state index is 12.5. The van der Waals surface area contributed by atoms with Crippen molar-refractivity contribution in [3.8, 4) is 0 Å². The predicted molar refractivity (Wildman–Crippen MR) is 74.6 cm³/mol. The first-order valence-corrected chi connectivity index (χ1v) is 8.16. The Labute approximate surface area is 116 Å². The van der Waals surface area contributed by atoms with E-state index in [1.165, 1.54) is 38.5 Å². The van der Waals surface area contributed by atoms with Gasteiger partial charge in [0.15, 0.2) is 0 Å². The molecule has 1 unspecified atom stereocenters. The second-order valence-corrected chi connectivity index (χ2v) is 7.88. The summed E-state index contributed by atoms with van der Waals surface area (Å²) in [5, 5.41) is 3.32. The SMILES string of the molecule is CC1CNCC(=O)N(C23CC4CC(CC(C4)C2)C3)C1. The van der Waals surface area contributed by atoms with Crippen LogP contribution in [-0.2, 0) is 4.79 Å². The van der Waals surface area contributed by atoms with Crippen LogP contribution in [0.3, 0.4) is 0 Å². The Bertz CT molecular complexity index is 357. The molecule has 3 nitrogen and oxygen atoms in total. The van der Waals surface area contributed by atoms with Gasteiger partial charge in [-0.25, -0.2) is 0 Å². The van der Waals surface area contributed by atoms with E-state index in [-0.39, 0.29) is 5.54 Å². The zero-order valence-electron chi connectivity index (χ0n) is 12.0. The molecule has 5 fully saturated rings. The molecule has 5 aliphatic rings. The number of nitrogens with zero attached hydrogens (tertiary/aromatic N) is 1. The smallest absolute Gasteiger partial charge is 0.236 e. The minimum Gasteiger partial charge on any atom is -0.336 e. The molecule has 1 saturated heterocycles. The fourth-order valence-corrected chi connectivity index (χ4v) is 5.85. The zero-order chi connectivity index (χ0) is 13.0. The largest absolute Gasteiger partial charge is 0.336 e. The highest BCUT2D eigenvalue weighted by atomic mass is 16.2. The van der Waals surface area contributed by atoms with Gasteiger partial charge in [0.2, 0.25) is 5.91 Å². The lowest BCUT2D eigenvalue weighted by atomic mass is 9.52. The van der Waals surface area contributed by atoms with Crippen molar-refractivity contribution in [2.75, 3.05) is 19.6 Å². The van der Waals surface area contributed by atoms with Gasteiger partial charge in [-0.05, 0) is 68.7 Å². The number of hydrogen-bond donors (Lipinski definition) is 1. The molecule has 3 heteroatoms. The van der Waals surface area contributed by atoms with Crippen molar-refractivity contribution in [1.29, 1.82) is 0 Å². The van der Waals surface area contributed by atoms with Crippen molar-refractivity contribution in [1.82, 2.24) is 10.2 Å². The molecule has 0 aromatic carbocycles. The molecule has 0 radical (unpaired) electrons. The van der Waals surface area contributed by atoms with Gasteiger partial charge in [-0.3, -0.25) is 4.79 Å². The maximum atomic E-state index is 12.5. The normalized spacial score (nSPS) is 49.5. The number of carbonyl (C=O) groups excluding carboxylic acids is 1. The minimum absolute atomic E-state index is 0.256. The van der Waals surface area contributed by atoms with Crippen molar-refractivity contribution in [3.63, 3.8) is 0 Å². The van der Waals surface area contributed by atoms with Crippen molar-refractivity contribution in [3.05, 3.63) is 0 Å². The standard InChI is InChI=1S/C16H26N2O/c1-11-8-17-9-15(19)18(10-11)16-5-12-2-13(6-16)4-14(3-12)7-16/h11-14,17H,2-10H2,1H3. The Morgan fingerprint density at radius 2 is 1.68 bits per heavy atom. The van der Waals surface area contributed by atoms with Crippen LogP contribution in [0.2, 0.25) is 0 Å². The van der Waals surface area contributed by atoms with Gasteiger partial charge in [0, 0.05) is 12.1 Å².